The summed E-state index contributed by atoms with van der Waals surface area (Å²) in [7, 11) is 1.43. The molecule has 0 aliphatic heterocycles. The van der Waals surface area contributed by atoms with Crippen LogP contribution in [0.25, 0.3) is 0 Å². The molecule has 0 aliphatic rings. The summed E-state index contributed by atoms with van der Waals surface area (Å²) in [6, 6.07) is 6.32. The molecule has 1 aromatic carbocycles. The van der Waals surface area contributed by atoms with Gasteiger partial charge in [-0.3, -0.25) is 4.90 Å². The van der Waals surface area contributed by atoms with E-state index in [4.69, 9.17) is 5.73 Å². The summed E-state index contributed by atoms with van der Waals surface area (Å²) in [4.78, 5) is 1.23. The maximum atomic E-state index is 12.4. The van der Waals surface area contributed by atoms with Crippen LogP contribution in [0.15, 0.2) is 28.7 Å². The molecule has 0 heterocycles. The highest BCUT2D eigenvalue weighted by atomic mass is 79.9. The Hall–Kier alpha value is -0.590. The fourth-order valence-corrected chi connectivity index (χ4v) is 2.45. The van der Waals surface area contributed by atoms with Crippen molar-refractivity contribution in [3.05, 3.63) is 34.3 Å². The highest BCUT2D eigenvalue weighted by molar-refractivity contribution is 9.10. The Morgan fingerprint density at radius 2 is 2.00 bits per heavy atom. The second-order valence-corrected chi connectivity index (χ2v) is 5.30. The van der Waals surface area contributed by atoms with Gasteiger partial charge in [0, 0.05) is 16.6 Å². The molecular formula is C12H16BrF3N2. The van der Waals surface area contributed by atoms with Crippen LogP contribution in [0, 0.1) is 0 Å². The average molecular weight is 325 g/mol. The first-order chi connectivity index (χ1) is 8.20. The van der Waals surface area contributed by atoms with Gasteiger partial charge in [-0.25, -0.2) is 0 Å². The lowest BCUT2D eigenvalue weighted by molar-refractivity contribution is -0.148. The van der Waals surface area contributed by atoms with E-state index in [1.54, 1.807) is 25.1 Å². The molecule has 1 rings (SSSR count). The van der Waals surface area contributed by atoms with E-state index in [-0.39, 0.29) is 0 Å². The first kappa shape index (κ1) is 15.5. The molecule has 0 amide bonds. The van der Waals surface area contributed by atoms with Gasteiger partial charge in [0.1, 0.15) is 0 Å². The normalized spacial score (nSPS) is 15.8. The maximum Gasteiger partial charge on any atom is 0.401 e. The van der Waals surface area contributed by atoms with Crippen molar-refractivity contribution in [2.75, 3.05) is 13.6 Å². The minimum atomic E-state index is -4.23. The Bertz CT molecular complexity index is 393. The lowest BCUT2D eigenvalue weighted by Crippen LogP contribution is -2.41. The van der Waals surface area contributed by atoms with Gasteiger partial charge in [-0.1, -0.05) is 28.1 Å². The number of rotatable bonds is 4. The third-order valence-corrected chi connectivity index (χ3v) is 3.09. The maximum absolute atomic E-state index is 12.4. The number of halogens is 4. The van der Waals surface area contributed by atoms with Crippen LogP contribution in [0.4, 0.5) is 13.2 Å². The van der Waals surface area contributed by atoms with Crippen LogP contribution in [0.2, 0.25) is 0 Å². The van der Waals surface area contributed by atoms with Crippen molar-refractivity contribution < 1.29 is 13.2 Å². The van der Waals surface area contributed by atoms with Crippen molar-refractivity contribution in [3.63, 3.8) is 0 Å². The van der Waals surface area contributed by atoms with E-state index in [0.717, 1.165) is 10.0 Å². The van der Waals surface area contributed by atoms with Gasteiger partial charge in [-0.15, -0.1) is 0 Å². The Morgan fingerprint density at radius 3 is 2.44 bits per heavy atom. The number of hydrogen-bond acceptors (Lipinski definition) is 2. The molecule has 2 unspecified atom stereocenters. The highest BCUT2D eigenvalue weighted by Gasteiger charge is 2.33. The SMILES string of the molecule is CC(N)C(c1cccc(Br)c1)N(C)CC(F)(F)F. The van der Waals surface area contributed by atoms with Crippen LogP contribution in [-0.4, -0.2) is 30.7 Å². The molecule has 0 bridgehead atoms. The molecule has 0 aliphatic carbocycles. The van der Waals surface area contributed by atoms with Crippen molar-refractivity contribution >= 4 is 15.9 Å². The summed E-state index contributed by atoms with van der Waals surface area (Å²) in [6.07, 6.45) is -4.23. The molecule has 1 aromatic rings. The second kappa shape index (κ2) is 6.04. The zero-order valence-electron chi connectivity index (χ0n) is 10.2. The molecule has 0 fully saturated rings. The number of likely N-dealkylation sites (N-methyl/N-ethyl adjacent to an activating group) is 1. The number of alkyl halides is 3. The molecule has 2 N–H and O–H groups in total. The van der Waals surface area contributed by atoms with Crippen LogP contribution >= 0.6 is 15.9 Å². The third-order valence-electron chi connectivity index (χ3n) is 2.59. The van der Waals surface area contributed by atoms with Crippen LogP contribution in [-0.2, 0) is 0 Å². The first-order valence-corrected chi connectivity index (χ1v) is 6.28. The van der Waals surface area contributed by atoms with Crippen molar-refractivity contribution in [1.82, 2.24) is 4.90 Å². The Morgan fingerprint density at radius 1 is 1.39 bits per heavy atom. The van der Waals surface area contributed by atoms with Crippen LogP contribution in [0.1, 0.15) is 18.5 Å². The molecule has 6 heteroatoms. The standard InChI is InChI=1S/C12H16BrF3N2/c1-8(17)11(18(2)7-12(14,15)16)9-4-3-5-10(13)6-9/h3-6,8,11H,7,17H2,1-2H3. The van der Waals surface area contributed by atoms with E-state index in [2.05, 4.69) is 15.9 Å². The molecule has 2 nitrogen and oxygen atoms in total. The smallest absolute Gasteiger partial charge is 0.326 e. The molecule has 0 saturated heterocycles. The Labute approximate surface area is 113 Å². The van der Waals surface area contributed by atoms with Gasteiger partial charge in [0.2, 0.25) is 0 Å². The first-order valence-electron chi connectivity index (χ1n) is 5.49. The fraction of sp³-hybridized carbons (Fsp3) is 0.500. The van der Waals surface area contributed by atoms with E-state index < -0.39 is 24.8 Å². The van der Waals surface area contributed by atoms with Gasteiger partial charge in [-0.05, 0) is 31.7 Å². The number of benzene rings is 1. The summed E-state index contributed by atoms with van der Waals surface area (Å²) in [5.74, 6) is 0. The largest absolute Gasteiger partial charge is 0.401 e. The van der Waals surface area contributed by atoms with Crippen LogP contribution < -0.4 is 5.73 Å². The number of nitrogens with zero attached hydrogens (tertiary/aromatic N) is 1. The molecule has 0 spiro atoms. The van der Waals surface area contributed by atoms with E-state index in [0.29, 0.717) is 0 Å². The van der Waals surface area contributed by atoms with Crippen molar-refractivity contribution in [2.24, 2.45) is 5.73 Å². The second-order valence-electron chi connectivity index (χ2n) is 4.39. The van der Waals surface area contributed by atoms with Gasteiger partial charge in [0.05, 0.1) is 6.54 Å². The minimum absolute atomic E-state index is 0.397. The number of hydrogen-bond donors (Lipinski definition) is 1. The van der Waals surface area contributed by atoms with Crippen molar-refractivity contribution in [3.8, 4) is 0 Å². The van der Waals surface area contributed by atoms with Gasteiger partial charge >= 0.3 is 6.18 Å². The lowest BCUT2D eigenvalue weighted by Gasteiger charge is -2.32. The van der Waals surface area contributed by atoms with Crippen LogP contribution in [0.3, 0.4) is 0 Å². The monoisotopic (exact) mass is 324 g/mol. The minimum Gasteiger partial charge on any atom is -0.326 e. The third kappa shape index (κ3) is 4.59. The van der Waals surface area contributed by atoms with E-state index in [1.807, 2.05) is 6.07 Å². The quantitative estimate of drug-likeness (QED) is 0.920. The van der Waals surface area contributed by atoms with Crippen molar-refractivity contribution in [1.29, 1.82) is 0 Å². The summed E-state index contributed by atoms with van der Waals surface area (Å²) in [6.45, 7) is 0.726. The van der Waals surface area contributed by atoms with Gasteiger partial charge in [0.25, 0.3) is 0 Å². The molecule has 0 aromatic heterocycles. The van der Waals surface area contributed by atoms with E-state index >= 15 is 0 Å². The Balaban J connectivity index is 2.96. The topological polar surface area (TPSA) is 29.3 Å². The molecule has 2 atom stereocenters. The van der Waals surface area contributed by atoms with Gasteiger partial charge in [0.15, 0.2) is 0 Å². The summed E-state index contributed by atoms with van der Waals surface area (Å²) >= 11 is 3.31. The summed E-state index contributed by atoms with van der Waals surface area (Å²) in [5.41, 5.74) is 6.58. The zero-order valence-corrected chi connectivity index (χ0v) is 11.8. The molecule has 0 radical (unpaired) electrons. The predicted octanol–water partition coefficient (Wildman–Crippen LogP) is 3.33. The summed E-state index contributed by atoms with van der Waals surface area (Å²) in [5, 5.41) is 0. The van der Waals surface area contributed by atoms with E-state index in [1.165, 1.54) is 11.9 Å². The predicted molar refractivity (Wildman–Crippen MR) is 69.2 cm³/mol. The van der Waals surface area contributed by atoms with Crippen molar-refractivity contribution in [2.45, 2.75) is 25.2 Å². The number of nitrogens with two attached hydrogens (primary N) is 1. The lowest BCUT2D eigenvalue weighted by atomic mass is 10.00. The van der Waals surface area contributed by atoms with Crippen LogP contribution in [0.5, 0.6) is 0 Å². The van der Waals surface area contributed by atoms with Gasteiger partial charge in [-0.2, -0.15) is 13.2 Å². The molecule has 102 valence electrons. The molecule has 0 saturated carbocycles. The highest BCUT2D eigenvalue weighted by Crippen LogP contribution is 2.27. The van der Waals surface area contributed by atoms with E-state index in [9.17, 15) is 13.2 Å². The summed E-state index contributed by atoms with van der Waals surface area (Å²) < 4.78 is 38.1. The Kier molecular flexibility index (Phi) is 5.19. The molecular weight excluding hydrogens is 309 g/mol. The molecule has 18 heavy (non-hydrogen) atoms. The zero-order chi connectivity index (χ0) is 13.9. The van der Waals surface area contributed by atoms with Gasteiger partial charge < -0.3 is 5.73 Å². The fourth-order valence-electron chi connectivity index (χ4n) is 2.03. The average Bonchev–Trinajstić information content (AvgIpc) is 2.13.